The lowest BCUT2D eigenvalue weighted by Crippen LogP contribution is -2.51. The fourth-order valence-corrected chi connectivity index (χ4v) is 3.56. The predicted octanol–water partition coefficient (Wildman–Crippen LogP) is 4.19. The molecule has 1 aliphatic carbocycles. The normalized spacial score (nSPS) is 29.5. The largest absolute Gasteiger partial charge is 0.390 e. The maximum absolute atomic E-state index is 10.6. The summed E-state index contributed by atoms with van der Waals surface area (Å²) in [5, 5.41) is 10.6. The number of aliphatic hydroxyl groups excluding tert-OH is 1. The summed E-state index contributed by atoms with van der Waals surface area (Å²) in [5.41, 5.74) is 2.26. The van der Waals surface area contributed by atoms with Gasteiger partial charge in [0.05, 0.1) is 25.4 Å². The molecule has 0 saturated heterocycles. The van der Waals surface area contributed by atoms with Gasteiger partial charge < -0.3 is 14.6 Å². The molecule has 1 fully saturated rings. The Bertz CT molecular complexity index is 628. The molecule has 2 aromatic carbocycles. The average molecular weight is 340 g/mol. The lowest BCUT2D eigenvalue weighted by atomic mass is 9.76. The molecule has 0 radical (unpaired) electrons. The van der Waals surface area contributed by atoms with Crippen molar-refractivity contribution in [3.05, 3.63) is 71.8 Å². The molecule has 3 rings (SSSR count). The summed E-state index contributed by atoms with van der Waals surface area (Å²) in [5.74, 6) is 0.750. The number of aliphatic hydroxyl groups is 1. The molecule has 0 aromatic heterocycles. The summed E-state index contributed by atoms with van der Waals surface area (Å²) < 4.78 is 12.4. The van der Waals surface area contributed by atoms with E-state index in [-0.39, 0.29) is 12.2 Å². The Labute approximate surface area is 150 Å². The highest BCUT2D eigenvalue weighted by Crippen LogP contribution is 2.34. The molecule has 0 amide bonds. The van der Waals surface area contributed by atoms with Gasteiger partial charge in [-0.15, -0.1) is 0 Å². The first-order valence-corrected chi connectivity index (χ1v) is 9.14. The van der Waals surface area contributed by atoms with Crippen molar-refractivity contribution in [1.82, 2.24) is 0 Å². The Balaban J connectivity index is 1.67. The van der Waals surface area contributed by atoms with Crippen LogP contribution >= 0.6 is 0 Å². The number of benzene rings is 2. The fraction of sp³-hybridized carbons (Fsp3) is 0.455. The van der Waals surface area contributed by atoms with Gasteiger partial charge in [-0.3, -0.25) is 0 Å². The Morgan fingerprint density at radius 2 is 1.28 bits per heavy atom. The van der Waals surface area contributed by atoms with Crippen molar-refractivity contribution in [3.8, 4) is 0 Å². The molecule has 1 aliphatic rings. The van der Waals surface area contributed by atoms with Gasteiger partial charge in [-0.05, 0) is 29.4 Å². The molecule has 0 aliphatic heterocycles. The number of rotatable bonds is 6. The second-order valence-corrected chi connectivity index (χ2v) is 7.16. The highest BCUT2D eigenvalue weighted by atomic mass is 16.5. The summed E-state index contributed by atoms with van der Waals surface area (Å²) in [6.07, 6.45) is -0.139. The van der Waals surface area contributed by atoms with E-state index < -0.39 is 6.10 Å². The van der Waals surface area contributed by atoms with Gasteiger partial charge in [0.2, 0.25) is 0 Å². The summed E-state index contributed by atoms with van der Waals surface area (Å²) in [6.45, 7) is 5.42. The van der Waals surface area contributed by atoms with Gasteiger partial charge in [-0.2, -0.15) is 0 Å². The molecule has 0 spiro atoms. The highest BCUT2D eigenvalue weighted by Gasteiger charge is 2.42. The van der Waals surface area contributed by atoms with Crippen molar-refractivity contribution in [2.24, 2.45) is 11.8 Å². The Hall–Kier alpha value is -1.68. The van der Waals surface area contributed by atoms with Crippen LogP contribution in [0, 0.1) is 11.8 Å². The SMILES string of the molecule is CC1CC(O)C(OCc2ccccc2)C(OCc2ccccc2)C1C. The Kier molecular flexibility index (Phi) is 6.24. The van der Waals surface area contributed by atoms with Gasteiger partial charge in [-0.1, -0.05) is 74.5 Å². The highest BCUT2D eigenvalue weighted by molar-refractivity contribution is 5.14. The molecule has 3 nitrogen and oxygen atoms in total. The first-order valence-electron chi connectivity index (χ1n) is 9.14. The minimum atomic E-state index is -0.490. The fourth-order valence-electron chi connectivity index (χ4n) is 3.56. The maximum atomic E-state index is 10.6. The van der Waals surface area contributed by atoms with Crippen LogP contribution in [-0.4, -0.2) is 23.4 Å². The average Bonchev–Trinajstić information content (AvgIpc) is 2.64. The molecule has 1 saturated carbocycles. The van der Waals surface area contributed by atoms with Crippen molar-refractivity contribution >= 4 is 0 Å². The standard InChI is InChI=1S/C22H28O3/c1-16-13-20(23)22(25-15-19-11-7-4-8-12-19)21(17(16)2)24-14-18-9-5-3-6-10-18/h3-12,16-17,20-23H,13-15H2,1-2H3. The number of ether oxygens (including phenoxy) is 2. The van der Waals surface area contributed by atoms with Gasteiger partial charge in [-0.25, -0.2) is 0 Å². The molecule has 2 aromatic rings. The van der Waals surface area contributed by atoms with Crippen molar-refractivity contribution in [2.45, 2.75) is 51.8 Å². The van der Waals surface area contributed by atoms with E-state index >= 15 is 0 Å². The second-order valence-electron chi connectivity index (χ2n) is 7.16. The van der Waals surface area contributed by atoms with Crippen LogP contribution in [0.2, 0.25) is 0 Å². The van der Waals surface area contributed by atoms with Gasteiger partial charge in [0.25, 0.3) is 0 Å². The van der Waals surface area contributed by atoms with E-state index in [0.717, 1.165) is 17.5 Å². The van der Waals surface area contributed by atoms with Crippen LogP contribution in [0.4, 0.5) is 0 Å². The van der Waals surface area contributed by atoms with Crippen LogP contribution in [0.15, 0.2) is 60.7 Å². The van der Waals surface area contributed by atoms with Crippen molar-refractivity contribution in [2.75, 3.05) is 0 Å². The van der Waals surface area contributed by atoms with E-state index in [1.165, 1.54) is 0 Å². The molecule has 5 unspecified atom stereocenters. The first-order chi connectivity index (χ1) is 12.1. The zero-order chi connectivity index (χ0) is 17.6. The van der Waals surface area contributed by atoms with Crippen LogP contribution in [0.3, 0.4) is 0 Å². The lowest BCUT2D eigenvalue weighted by Gasteiger charge is -2.42. The van der Waals surface area contributed by atoms with Crippen LogP contribution in [0.5, 0.6) is 0 Å². The topological polar surface area (TPSA) is 38.7 Å². The molecule has 0 heterocycles. The van der Waals surface area contributed by atoms with Crippen molar-refractivity contribution in [3.63, 3.8) is 0 Å². The molecule has 5 atom stereocenters. The van der Waals surface area contributed by atoms with Gasteiger partial charge in [0.1, 0.15) is 6.10 Å². The lowest BCUT2D eigenvalue weighted by molar-refractivity contribution is -0.180. The predicted molar refractivity (Wildman–Crippen MR) is 99.0 cm³/mol. The molecule has 25 heavy (non-hydrogen) atoms. The van der Waals surface area contributed by atoms with Gasteiger partial charge in [0.15, 0.2) is 0 Å². The Morgan fingerprint density at radius 1 is 0.800 bits per heavy atom. The monoisotopic (exact) mass is 340 g/mol. The minimum absolute atomic E-state index is 0.109. The van der Waals surface area contributed by atoms with E-state index in [4.69, 9.17) is 9.47 Å². The molecular weight excluding hydrogens is 312 g/mol. The second kappa shape index (κ2) is 8.61. The zero-order valence-electron chi connectivity index (χ0n) is 15.0. The molecule has 134 valence electrons. The van der Waals surface area contributed by atoms with Crippen LogP contribution < -0.4 is 0 Å². The molecule has 0 bridgehead atoms. The summed E-state index contributed by atoms with van der Waals surface area (Å²) in [6, 6.07) is 20.3. The zero-order valence-corrected chi connectivity index (χ0v) is 15.0. The quantitative estimate of drug-likeness (QED) is 0.857. The number of hydrogen-bond acceptors (Lipinski definition) is 3. The molecule has 3 heteroatoms. The minimum Gasteiger partial charge on any atom is -0.390 e. The third-order valence-electron chi connectivity index (χ3n) is 5.30. The van der Waals surface area contributed by atoms with Gasteiger partial charge >= 0.3 is 0 Å². The molecule has 1 N–H and O–H groups in total. The number of hydrogen-bond donors (Lipinski definition) is 1. The third kappa shape index (κ3) is 4.69. The van der Waals surface area contributed by atoms with Crippen LogP contribution in [-0.2, 0) is 22.7 Å². The first kappa shape index (κ1) is 18.1. The van der Waals surface area contributed by atoms with Crippen molar-refractivity contribution < 1.29 is 14.6 Å². The van der Waals surface area contributed by atoms with E-state index in [1.54, 1.807) is 0 Å². The van der Waals surface area contributed by atoms with Crippen LogP contribution in [0.1, 0.15) is 31.4 Å². The van der Waals surface area contributed by atoms with Gasteiger partial charge in [0, 0.05) is 0 Å². The maximum Gasteiger partial charge on any atom is 0.110 e. The van der Waals surface area contributed by atoms with E-state index in [9.17, 15) is 5.11 Å². The summed E-state index contributed by atoms with van der Waals surface area (Å²) >= 11 is 0. The van der Waals surface area contributed by atoms with Crippen LogP contribution in [0.25, 0.3) is 0 Å². The third-order valence-corrected chi connectivity index (χ3v) is 5.30. The van der Waals surface area contributed by atoms with E-state index in [2.05, 4.69) is 26.0 Å². The summed E-state index contributed by atoms with van der Waals surface area (Å²) in [7, 11) is 0. The van der Waals surface area contributed by atoms with E-state index in [1.807, 2.05) is 48.5 Å². The molecular formula is C22H28O3. The smallest absolute Gasteiger partial charge is 0.110 e. The Morgan fingerprint density at radius 3 is 1.80 bits per heavy atom. The summed E-state index contributed by atoms with van der Waals surface area (Å²) in [4.78, 5) is 0. The van der Waals surface area contributed by atoms with E-state index in [0.29, 0.717) is 25.0 Å². The van der Waals surface area contributed by atoms with Crippen molar-refractivity contribution in [1.29, 1.82) is 0 Å².